The fraction of sp³-hybridized carbons (Fsp3) is 0.429. The van der Waals surface area contributed by atoms with Crippen LogP contribution in [0.25, 0.3) is 10.6 Å². The summed E-state index contributed by atoms with van der Waals surface area (Å²) in [7, 11) is 0. The summed E-state index contributed by atoms with van der Waals surface area (Å²) in [6.45, 7) is 6.34. The van der Waals surface area contributed by atoms with Crippen LogP contribution in [0.2, 0.25) is 0 Å². The zero-order valence-electron chi connectivity index (χ0n) is 10.9. The van der Waals surface area contributed by atoms with Crippen molar-refractivity contribution in [3.8, 4) is 10.6 Å². The highest BCUT2D eigenvalue weighted by Crippen LogP contribution is 2.27. The Bertz CT molecular complexity index is 479. The molecule has 0 radical (unpaired) electrons. The minimum Gasteiger partial charge on any atom is -0.312 e. The van der Waals surface area contributed by atoms with Crippen molar-refractivity contribution in [1.82, 2.24) is 15.3 Å². The second-order valence-corrected chi connectivity index (χ2v) is 5.24. The molecular weight excluding hydrogens is 242 g/mol. The van der Waals surface area contributed by atoms with Crippen molar-refractivity contribution in [2.24, 2.45) is 0 Å². The predicted molar refractivity (Wildman–Crippen MR) is 76.7 cm³/mol. The molecule has 0 spiro atoms. The monoisotopic (exact) mass is 261 g/mol. The summed E-state index contributed by atoms with van der Waals surface area (Å²) in [5.74, 6) is 0. The Morgan fingerprint density at radius 1 is 1.22 bits per heavy atom. The van der Waals surface area contributed by atoms with Gasteiger partial charge in [-0.2, -0.15) is 0 Å². The SMILES string of the molecule is CCCNCc1sc(-c2ccncc2)nc1CC. The molecule has 2 rings (SSSR count). The lowest BCUT2D eigenvalue weighted by Crippen LogP contribution is -2.13. The Hall–Kier alpha value is -1.26. The summed E-state index contributed by atoms with van der Waals surface area (Å²) in [5, 5.41) is 4.55. The predicted octanol–water partition coefficient (Wildman–Crippen LogP) is 3.27. The van der Waals surface area contributed by atoms with Gasteiger partial charge in [-0.05, 0) is 31.5 Å². The lowest BCUT2D eigenvalue weighted by molar-refractivity contribution is 0.677. The maximum absolute atomic E-state index is 4.73. The number of rotatable bonds is 6. The molecule has 3 nitrogen and oxygen atoms in total. The Kier molecular flexibility index (Phi) is 4.84. The van der Waals surface area contributed by atoms with Crippen LogP contribution in [0, 0.1) is 0 Å². The molecule has 0 atom stereocenters. The van der Waals surface area contributed by atoms with Gasteiger partial charge in [0.2, 0.25) is 0 Å². The van der Waals surface area contributed by atoms with Crippen LogP contribution < -0.4 is 5.32 Å². The van der Waals surface area contributed by atoms with Crippen molar-refractivity contribution in [1.29, 1.82) is 0 Å². The van der Waals surface area contributed by atoms with E-state index in [0.29, 0.717) is 0 Å². The van der Waals surface area contributed by atoms with E-state index in [1.807, 2.05) is 24.5 Å². The standard InChI is InChI=1S/C14H19N3S/c1-3-7-16-10-13-12(4-2)17-14(18-13)11-5-8-15-9-6-11/h5-6,8-9,16H,3-4,7,10H2,1-2H3. The van der Waals surface area contributed by atoms with Crippen molar-refractivity contribution in [2.45, 2.75) is 33.2 Å². The van der Waals surface area contributed by atoms with E-state index in [9.17, 15) is 0 Å². The molecule has 0 aliphatic heterocycles. The quantitative estimate of drug-likeness (QED) is 0.811. The first-order valence-electron chi connectivity index (χ1n) is 6.44. The fourth-order valence-electron chi connectivity index (χ4n) is 1.79. The molecule has 2 aromatic rings. The first-order valence-corrected chi connectivity index (χ1v) is 7.26. The lowest BCUT2D eigenvalue weighted by atomic mass is 10.2. The third-order valence-electron chi connectivity index (χ3n) is 2.75. The maximum atomic E-state index is 4.73. The van der Waals surface area contributed by atoms with Crippen LogP contribution >= 0.6 is 11.3 Å². The number of aryl methyl sites for hydroxylation is 1. The van der Waals surface area contributed by atoms with E-state index in [1.165, 1.54) is 10.6 Å². The highest BCUT2D eigenvalue weighted by Gasteiger charge is 2.10. The molecule has 1 N–H and O–H groups in total. The second kappa shape index (κ2) is 6.61. The van der Waals surface area contributed by atoms with Crippen molar-refractivity contribution < 1.29 is 0 Å². The first-order chi connectivity index (χ1) is 8.85. The Morgan fingerprint density at radius 2 is 2.00 bits per heavy atom. The van der Waals surface area contributed by atoms with Crippen molar-refractivity contribution in [2.75, 3.05) is 6.54 Å². The fourth-order valence-corrected chi connectivity index (χ4v) is 2.92. The molecule has 0 amide bonds. The van der Waals surface area contributed by atoms with Gasteiger partial charge in [0.05, 0.1) is 5.69 Å². The van der Waals surface area contributed by atoms with Gasteiger partial charge < -0.3 is 5.32 Å². The van der Waals surface area contributed by atoms with Gasteiger partial charge in [0.15, 0.2) is 0 Å². The lowest BCUT2D eigenvalue weighted by Gasteiger charge is -2.01. The molecule has 0 unspecified atom stereocenters. The van der Waals surface area contributed by atoms with Gasteiger partial charge in [0.1, 0.15) is 5.01 Å². The largest absolute Gasteiger partial charge is 0.312 e. The average molecular weight is 261 g/mol. The summed E-state index contributed by atoms with van der Waals surface area (Å²) >= 11 is 1.79. The zero-order chi connectivity index (χ0) is 12.8. The molecule has 0 saturated heterocycles. The van der Waals surface area contributed by atoms with Crippen LogP contribution in [-0.2, 0) is 13.0 Å². The van der Waals surface area contributed by atoms with Crippen LogP contribution in [-0.4, -0.2) is 16.5 Å². The van der Waals surface area contributed by atoms with E-state index in [1.54, 1.807) is 11.3 Å². The molecule has 18 heavy (non-hydrogen) atoms. The van der Waals surface area contributed by atoms with E-state index in [2.05, 4.69) is 24.1 Å². The molecular formula is C14H19N3S. The molecule has 2 heterocycles. The van der Waals surface area contributed by atoms with Crippen LogP contribution in [0.15, 0.2) is 24.5 Å². The van der Waals surface area contributed by atoms with Gasteiger partial charge in [-0.25, -0.2) is 4.98 Å². The average Bonchev–Trinajstić information content (AvgIpc) is 2.83. The van der Waals surface area contributed by atoms with E-state index in [0.717, 1.165) is 36.5 Å². The Balaban J connectivity index is 2.18. The minimum atomic E-state index is 0.930. The van der Waals surface area contributed by atoms with Crippen LogP contribution in [0.1, 0.15) is 30.8 Å². The topological polar surface area (TPSA) is 37.8 Å². The molecule has 2 aromatic heterocycles. The van der Waals surface area contributed by atoms with Gasteiger partial charge in [-0.15, -0.1) is 11.3 Å². The molecule has 0 saturated carbocycles. The highest BCUT2D eigenvalue weighted by atomic mass is 32.1. The van der Waals surface area contributed by atoms with Gasteiger partial charge >= 0.3 is 0 Å². The summed E-state index contributed by atoms with van der Waals surface area (Å²) in [4.78, 5) is 10.1. The molecule has 0 aromatic carbocycles. The van der Waals surface area contributed by atoms with E-state index in [4.69, 9.17) is 4.98 Å². The van der Waals surface area contributed by atoms with Gasteiger partial charge in [-0.1, -0.05) is 13.8 Å². The molecule has 0 aliphatic carbocycles. The Labute approximate surface area is 112 Å². The van der Waals surface area contributed by atoms with Crippen LogP contribution in [0.4, 0.5) is 0 Å². The summed E-state index contributed by atoms with van der Waals surface area (Å²) in [5.41, 5.74) is 2.38. The number of aromatic nitrogens is 2. The number of thiazole rings is 1. The zero-order valence-corrected chi connectivity index (χ0v) is 11.8. The Morgan fingerprint density at radius 3 is 2.67 bits per heavy atom. The highest BCUT2D eigenvalue weighted by molar-refractivity contribution is 7.15. The molecule has 96 valence electrons. The van der Waals surface area contributed by atoms with Crippen LogP contribution in [0.3, 0.4) is 0 Å². The minimum absolute atomic E-state index is 0.930. The van der Waals surface area contributed by atoms with Crippen molar-refractivity contribution in [3.05, 3.63) is 35.1 Å². The van der Waals surface area contributed by atoms with Gasteiger partial charge in [0.25, 0.3) is 0 Å². The number of hydrogen-bond acceptors (Lipinski definition) is 4. The summed E-state index contributed by atoms with van der Waals surface area (Å²) in [6.07, 6.45) is 5.79. The number of pyridine rings is 1. The molecule has 0 aliphatic rings. The number of nitrogens with one attached hydrogen (secondary N) is 1. The first kappa shape index (κ1) is 13.2. The third kappa shape index (κ3) is 3.15. The van der Waals surface area contributed by atoms with E-state index >= 15 is 0 Å². The summed E-state index contributed by atoms with van der Waals surface area (Å²) < 4.78 is 0. The number of nitrogens with zero attached hydrogens (tertiary/aromatic N) is 2. The van der Waals surface area contributed by atoms with Gasteiger partial charge in [-0.3, -0.25) is 4.98 Å². The second-order valence-electron chi connectivity index (χ2n) is 4.16. The van der Waals surface area contributed by atoms with Crippen molar-refractivity contribution >= 4 is 11.3 Å². The smallest absolute Gasteiger partial charge is 0.124 e. The van der Waals surface area contributed by atoms with Crippen LogP contribution in [0.5, 0.6) is 0 Å². The third-order valence-corrected chi connectivity index (χ3v) is 3.90. The molecule has 4 heteroatoms. The van der Waals surface area contributed by atoms with E-state index in [-0.39, 0.29) is 0 Å². The normalized spacial score (nSPS) is 10.8. The van der Waals surface area contributed by atoms with Crippen molar-refractivity contribution in [3.63, 3.8) is 0 Å². The molecule has 0 bridgehead atoms. The maximum Gasteiger partial charge on any atom is 0.124 e. The molecule has 0 fully saturated rings. The van der Waals surface area contributed by atoms with Gasteiger partial charge in [0, 0.05) is 29.4 Å². The van der Waals surface area contributed by atoms with E-state index < -0.39 is 0 Å². The number of hydrogen-bond donors (Lipinski definition) is 1. The summed E-state index contributed by atoms with van der Waals surface area (Å²) in [6, 6.07) is 4.03.